The van der Waals surface area contributed by atoms with Crippen LogP contribution in [0.15, 0.2) is 30.3 Å². The molecule has 1 N–H and O–H groups in total. The third-order valence-electron chi connectivity index (χ3n) is 2.22. The van der Waals surface area contributed by atoms with E-state index in [4.69, 9.17) is 9.47 Å². The monoisotopic (exact) mass is 251 g/mol. The van der Waals surface area contributed by atoms with Gasteiger partial charge in [-0.15, -0.1) is 0 Å². The van der Waals surface area contributed by atoms with E-state index in [1.807, 2.05) is 51.1 Å². The molecule has 0 fully saturated rings. The highest BCUT2D eigenvalue weighted by Crippen LogP contribution is 2.11. The Hall–Kier alpha value is -1.55. The van der Waals surface area contributed by atoms with Crippen LogP contribution in [-0.2, 0) is 14.3 Å². The van der Waals surface area contributed by atoms with Crippen molar-refractivity contribution in [2.45, 2.75) is 32.5 Å². The van der Waals surface area contributed by atoms with E-state index in [0.717, 1.165) is 5.69 Å². The summed E-state index contributed by atoms with van der Waals surface area (Å²) in [5.74, 6) is -0.353. The highest BCUT2D eigenvalue weighted by Gasteiger charge is 2.24. The first-order valence-corrected chi connectivity index (χ1v) is 5.97. The molecule has 0 heterocycles. The lowest BCUT2D eigenvalue weighted by Gasteiger charge is -2.23. The molecule has 0 radical (unpaired) electrons. The van der Waals surface area contributed by atoms with Gasteiger partial charge in [0.1, 0.15) is 5.60 Å². The van der Waals surface area contributed by atoms with Gasteiger partial charge in [-0.2, -0.15) is 0 Å². The Labute approximate surface area is 108 Å². The molecule has 0 aliphatic rings. The maximum atomic E-state index is 11.8. The summed E-state index contributed by atoms with van der Waals surface area (Å²) in [5, 5.41) is 3.14. The van der Waals surface area contributed by atoms with Crippen molar-refractivity contribution >= 4 is 11.7 Å². The van der Waals surface area contributed by atoms with Crippen LogP contribution in [0.3, 0.4) is 0 Å². The van der Waals surface area contributed by atoms with E-state index < -0.39 is 11.7 Å². The first kappa shape index (κ1) is 14.5. The molecule has 1 unspecified atom stereocenters. The van der Waals surface area contributed by atoms with E-state index >= 15 is 0 Å². The number of carbonyl (C=O) groups excluding carboxylic acids is 1. The Morgan fingerprint density at radius 1 is 1.28 bits per heavy atom. The van der Waals surface area contributed by atoms with Crippen LogP contribution in [0.25, 0.3) is 0 Å². The summed E-state index contributed by atoms with van der Waals surface area (Å²) in [6, 6.07) is 9.66. The Morgan fingerprint density at radius 2 is 1.89 bits per heavy atom. The van der Waals surface area contributed by atoms with Gasteiger partial charge in [0.2, 0.25) is 0 Å². The van der Waals surface area contributed by atoms with Crippen molar-refractivity contribution in [1.29, 1.82) is 0 Å². The summed E-state index contributed by atoms with van der Waals surface area (Å²) < 4.78 is 10.4. The van der Waals surface area contributed by atoms with Crippen LogP contribution in [0.1, 0.15) is 20.8 Å². The molecule has 0 saturated carbocycles. The molecule has 0 saturated heterocycles. The molecule has 1 aromatic carbocycles. The lowest BCUT2D eigenvalue weighted by molar-refractivity contribution is -0.165. The predicted octanol–water partition coefficient (Wildman–Crippen LogP) is 2.46. The zero-order valence-electron chi connectivity index (χ0n) is 11.4. The van der Waals surface area contributed by atoms with Crippen molar-refractivity contribution in [3.8, 4) is 0 Å². The Bertz CT molecular complexity index is 370. The molecule has 0 amide bonds. The minimum Gasteiger partial charge on any atom is -0.458 e. The van der Waals surface area contributed by atoms with Crippen LogP contribution in [-0.4, -0.2) is 31.3 Å². The number of ether oxygens (including phenoxy) is 2. The molecule has 1 aromatic rings. The van der Waals surface area contributed by atoms with Crippen molar-refractivity contribution in [3.05, 3.63) is 30.3 Å². The number of anilines is 1. The smallest absolute Gasteiger partial charge is 0.337 e. The molecule has 18 heavy (non-hydrogen) atoms. The summed E-state index contributed by atoms with van der Waals surface area (Å²) >= 11 is 0. The molecule has 0 aliphatic heterocycles. The van der Waals surface area contributed by atoms with Gasteiger partial charge in [0.05, 0.1) is 6.54 Å². The highest BCUT2D eigenvalue weighted by molar-refractivity contribution is 5.76. The van der Waals surface area contributed by atoms with Gasteiger partial charge in [-0.3, -0.25) is 0 Å². The first-order chi connectivity index (χ1) is 8.42. The average Bonchev–Trinajstić information content (AvgIpc) is 2.29. The Kier molecular flexibility index (Phi) is 5.16. The van der Waals surface area contributed by atoms with Gasteiger partial charge >= 0.3 is 5.97 Å². The number of methoxy groups -OCH3 is 1. The van der Waals surface area contributed by atoms with E-state index in [0.29, 0.717) is 6.54 Å². The van der Waals surface area contributed by atoms with Gasteiger partial charge in [0.25, 0.3) is 0 Å². The van der Waals surface area contributed by atoms with E-state index in [1.54, 1.807) is 0 Å². The van der Waals surface area contributed by atoms with Crippen molar-refractivity contribution in [3.63, 3.8) is 0 Å². The predicted molar refractivity (Wildman–Crippen MR) is 71.6 cm³/mol. The van der Waals surface area contributed by atoms with E-state index in [2.05, 4.69) is 5.32 Å². The maximum absolute atomic E-state index is 11.8. The van der Waals surface area contributed by atoms with Crippen molar-refractivity contribution in [2.24, 2.45) is 0 Å². The SMILES string of the molecule is COC(CNc1ccccc1)C(=O)OC(C)(C)C. The summed E-state index contributed by atoms with van der Waals surface area (Å²) in [6.07, 6.45) is -0.607. The average molecular weight is 251 g/mol. The fraction of sp³-hybridized carbons (Fsp3) is 0.500. The molecule has 0 aromatic heterocycles. The standard InChI is InChI=1S/C14H21NO3/c1-14(2,3)18-13(16)12(17-4)10-15-11-8-6-5-7-9-11/h5-9,12,15H,10H2,1-4H3. The number of hydrogen-bond acceptors (Lipinski definition) is 4. The molecule has 1 atom stereocenters. The summed E-state index contributed by atoms with van der Waals surface area (Å²) in [5.41, 5.74) is 0.448. The third-order valence-corrected chi connectivity index (χ3v) is 2.22. The van der Waals surface area contributed by atoms with Gasteiger partial charge < -0.3 is 14.8 Å². The number of nitrogens with one attached hydrogen (secondary N) is 1. The van der Waals surface area contributed by atoms with Gasteiger partial charge in [0.15, 0.2) is 6.10 Å². The number of hydrogen-bond donors (Lipinski definition) is 1. The minimum absolute atomic E-state index is 0.353. The van der Waals surface area contributed by atoms with E-state index in [1.165, 1.54) is 7.11 Å². The van der Waals surface area contributed by atoms with Crippen molar-refractivity contribution in [2.75, 3.05) is 19.0 Å². The third kappa shape index (κ3) is 5.19. The van der Waals surface area contributed by atoms with Crippen LogP contribution in [0, 0.1) is 0 Å². The second kappa shape index (κ2) is 6.40. The molecule has 0 spiro atoms. The fourth-order valence-corrected chi connectivity index (χ4v) is 1.40. The minimum atomic E-state index is -0.607. The molecule has 100 valence electrons. The largest absolute Gasteiger partial charge is 0.458 e. The second-order valence-electron chi connectivity index (χ2n) is 5.00. The zero-order chi connectivity index (χ0) is 13.6. The van der Waals surface area contributed by atoms with Crippen molar-refractivity contribution < 1.29 is 14.3 Å². The van der Waals surface area contributed by atoms with Crippen LogP contribution < -0.4 is 5.32 Å². The van der Waals surface area contributed by atoms with Crippen LogP contribution in [0.2, 0.25) is 0 Å². The normalized spacial score (nSPS) is 12.9. The van der Waals surface area contributed by atoms with Crippen LogP contribution in [0.4, 0.5) is 5.69 Å². The van der Waals surface area contributed by atoms with Gasteiger partial charge in [-0.1, -0.05) is 18.2 Å². The lowest BCUT2D eigenvalue weighted by Crippen LogP contribution is -2.37. The topological polar surface area (TPSA) is 47.6 Å². The van der Waals surface area contributed by atoms with Gasteiger partial charge in [-0.25, -0.2) is 4.79 Å². The van der Waals surface area contributed by atoms with Crippen LogP contribution in [0.5, 0.6) is 0 Å². The summed E-state index contributed by atoms with van der Waals surface area (Å²) in [4.78, 5) is 11.8. The molecule has 4 heteroatoms. The van der Waals surface area contributed by atoms with E-state index in [9.17, 15) is 4.79 Å². The highest BCUT2D eigenvalue weighted by atomic mass is 16.6. The van der Waals surface area contributed by atoms with Crippen LogP contribution >= 0.6 is 0 Å². The molecular formula is C14H21NO3. The second-order valence-corrected chi connectivity index (χ2v) is 5.00. The van der Waals surface area contributed by atoms with Crippen molar-refractivity contribution in [1.82, 2.24) is 0 Å². The summed E-state index contributed by atoms with van der Waals surface area (Å²) in [6.45, 7) is 5.89. The number of rotatable bonds is 5. The lowest BCUT2D eigenvalue weighted by atomic mass is 10.2. The molecule has 4 nitrogen and oxygen atoms in total. The molecule has 0 aliphatic carbocycles. The number of benzene rings is 1. The first-order valence-electron chi connectivity index (χ1n) is 5.97. The summed E-state index contributed by atoms with van der Waals surface area (Å²) in [7, 11) is 1.50. The number of para-hydroxylation sites is 1. The van der Waals surface area contributed by atoms with E-state index in [-0.39, 0.29) is 5.97 Å². The van der Waals surface area contributed by atoms with Gasteiger partial charge in [0, 0.05) is 12.8 Å². The van der Waals surface area contributed by atoms with Gasteiger partial charge in [-0.05, 0) is 32.9 Å². The number of esters is 1. The fourth-order valence-electron chi connectivity index (χ4n) is 1.40. The maximum Gasteiger partial charge on any atom is 0.337 e. The zero-order valence-corrected chi connectivity index (χ0v) is 11.4. The number of carbonyl (C=O) groups is 1. The Balaban J connectivity index is 2.50. The Morgan fingerprint density at radius 3 is 2.39 bits per heavy atom. The quantitative estimate of drug-likeness (QED) is 0.817. The molecular weight excluding hydrogens is 230 g/mol. The molecule has 0 bridgehead atoms. The molecule has 1 rings (SSSR count).